The summed E-state index contributed by atoms with van der Waals surface area (Å²) in [5.74, 6) is -1.03. The summed E-state index contributed by atoms with van der Waals surface area (Å²) in [5, 5.41) is 12.2. The highest BCUT2D eigenvalue weighted by atomic mass is 79.9. The lowest BCUT2D eigenvalue weighted by molar-refractivity contribution is -0.111. The molecule has 5 nitrogen and oxygen atoms in total. The fourth-order valence-corrected chi connectivity index (χ4v) is 2.52. The van der Waals surface area contributed by atoms with Crippen molar-refractivity contribution < 1.29 is 19.4 Å². The standard InChI is InChI=1S/C17H13BrClNO4/c1-24-15-6-4-12(19)8-10(15)2-7-16(21)20-14-5-3-11(18)9-13(14)17(22)23/h2-9H,1H3,(H,20,21)(H,22,23)/b7-2+. The number of anilines is 1. The third-order valence-corrected chi connectivity index (χ3v) is 3.80. The molecule has 0 bridgehead atoms. The quantitative estimate of drug-likeness (QED) is 0.714. The zero-order chi connectivity index (χ0) is 17.7. The summed E-state index contributed by atoms with van der Waals surface area (Å²) in [6, 6.07) is 9.61. The van der Waals surface area contributed by atoms with Gasteiger partial charge >= 0.3 is 5.97 Å². The van der Waals surface area contributed by atoms with E-state index in [0.717, 1.165) is 0 Å². The van der Waals surface area contributed by atoms with Crippen LogP contribution in [-0.2, 0) is 4.79 Å². The highest BCUT2D eigenvalue weighted by molar-refractivity contribution is 9.10. The number of carboxylic acid groups (broad SMARTS) is 1. The summed E-state index contributed by atoms with van der Waals surface area (Å²) in [6.07, 6.45) is 2.82. The van der Waals surface area contributed by atoms with E-state index < -0.39 is 11.9 Å². The van der Waals surface area contributed by atoms with Crippen LogP contribution in [0.5, 0.6) is 5.75 Å². The smallest absolute Gasteiger partial charge is 0.337 e. The molecule has 0 radical (unpaired) electrons. The molecule has 0 aromatic heterocycles. The van der Waals surface area contributed by atoms with Gasteiger partial charge in [-0.3, -0.25) is 4.79 Å². The van der Waals surface area contributed by atoms with Crippen LogP contribution in [0.1, 0.15) is 15.9 Å². The lowest BCUT2D eigenvalue weighted by atomic mass is 10.1. The first kappa shape index (κ1) is 18.0. The first-order valence-corrected chi connectivity index (χ1v) is 7.93. The van der Waals surface area contributed by atoms with E-state index in [1.807, 2.05) is 0 Å². The van der Waals surface area contributed by atoms with Crippen molar-refractivity contribution in [3.8, 4) is 5.75 Å². The van der Waals surface area contributed by atoms with Crippen LogP contribution >= 0.6 is 27.5 Å². The van der Waals surface area contributed by atoms with Crippen LogP contribution in [0.25, 0.3) is 6.08 Å². The van der Waals surface area contributed by atoms with Crippen molar-refractivity contribution in [1.29, 1.82) is 0 Å². The highest BCUT2D eigenvalue weighted by Crippen LogP contribution is 2.24. The van der Waals surface area contributed by atoms with E-state index in [2.05, 4.69) is 21.2 Å². The van der Waals surface area contributed by atoms with Crippen LogP contribution < -0.4 is 10.1 Å². The number of carbonyl (C=O) groups excluding carboxylic acids is 1. The first-order valence-electron chi connectivity index (χ1n) is 6.76. The SMILES string of the molecule is COc1ccc(Cl)cc1/C=C/C(=O)Nc1ccc(Br)cc1C(=O)O. The van der Waals surface area contributed by atoms with Crippen molar-refractivity contribution >= 4 is 51.2 Å². The zero-order valence-corrected chi connectivity index (χ0v) is 14.9. The van der Waals surface area contributed by atoms with Gasteiger partial charge in [0.2, 0.25) is 5.91 Å². The molecule has 7 heteroatoms. The largest absolute Gasteiger partial charge is 0.496 e. The number of aromatic carboxylic acids is 1. The fourth-order valence-electron chi connectivity index (χ4n) is 1.98. The van der Waals surface area contributed by atoms with Crippen molar-refractivity contribution in [2.45, 2.75) is 0 Å². The van der Waals surface area contributed by atoms with E-state index in [4.69, 9.17) is 16.3 Å². The van der Waals surface area contributed by atoms with Crippen molar-refractivity contribution in [3.63, 3.8) is 0 Å². The van der Waals surface area contributed by atoms with Crippen LogP contribution in [0.4, 0.5) is 5.69 Å². The Balaban J connectivity index is 2.20. The normalized spacial score (nSPS) is 10.6. The topological polar surface area (TPSA) is 75.6 Å². The summed E-state index contributed by atoms with van der Waals surface area (Å²) in [4.78, 5) is 23.3. The third kappa shape index (κ3) is 4.59. The first-order chi connectivity index (χ1) is 11.4. The molecule has 1 amide bonds. The molecule has 0 aliphatic carbocycles. The summed E-state index contributed by atoms with van der Waals surface area (Å²) in [5.41, 5.74) is 0.833. The molecule has 2 aromatic carbocycles. The Morgan fingerprint density at radius 2 is 2.00 bits per heavy atom. The molecule has 0 aliphatic heterocycles. The van der Waals surface area contributed by atoms with Crippen molar-refractivity contribution in [2.75, 3.05) is 12.4 Å². The molecule has 2 aromatic rings. The number of ether oxygens (including phenoxy) is 1. The number of benzene rings is 2. The molecule has 0 unspecified atom stereocenters. The molecule has 0 heterocycles. The maximum absolute atomic E-state index is 12.1. The van der Waals surface area contributed by atoms with Crippen molar-refractivity contribution in [1.82, 2.24) is 0 Å². The zero-order valence-electron chi connectivity index (χ0n) is 12.5. The van der Waals surface area contributed by atoms with E-state index in [0.29, 0.717) is 20.8 Å². The fraction of sp³-hybridized carbons (Fsp3) is 0.0588. The molecule has 2 N–H and O–H groups in total. The van der Waals surface area contributed by atoms with Gasteiger partial charge in [0.1, 0.15) is 5.75 Å². The predicted molar refractivity (Wildman–Crippen MR) is 96.8 cm³/mol. The van der Waals surface area contributed by atoms with Gasteiger partial charge in [0.05, 0.1) is 18.4 Å². The van der Waals surface area contributed by atoms with Crippen LogP contribution in [-0.4, -0.2) is 24.1 Å². The Labute approximate surface area is 152 Å². The molecule has 0 fully saturated rings. The summed E-state index contributed by atoms with van der Waals surface area (Å²) in [6.45, 7) is 0. The van der Waals surface area contributed by atoms with Gasteiger partial charge in [-0.1, -0.05) is 27.5 Å². The molecular formula is C17H13BrClNO4. The molecule has 124 valence electrons. The summed E-state index contributed by atoms with van der Waals surface area (Å²) < 4.78 is 5.80. The minimum Gasteiger partial charge on any atom is -0.496 e. The van der Waals surface area contributed by atoms with Crippen LogP contribution in [0, 0.1) is 0 Å². The lowest BCUT2D eigenvalue weighted by Crippen LogP contribution is -2.12. The molecule has 0 saturated carbocycles. The second kappa shape index (κ2) is 7.99. The number of rotatable bonds is 5. The van der Waals surface area contributed by atoms with Gasteiger partial charge < -0.3 is 15.2 Å². The van der Waals surface area contributed by atoms with Crippen molar-refractivity contribution in [2.24, 2.45) is 0 Å². The van der Waals surface area contributed by atoms with Gasteiger partial charge in [-0.25, -0.2) is 4.79 Å². The Bertz CT molecular complexity index is 820. The maximum Gasteiger partial charge on any atom is 0.337 e. The number of hydrogen-bond acceptors (Lipinski definition) is 3. The van der Waals surface area contributed by atoms with Gasteiger partial charge in [-0.2, -0.15) is 0 Å². The predicted octanol–water partition coefficient (Wildman–Crippen LogP) is 4.46. The Kier molecular flexibility index (Phi) is 6.00. The van der Waals surface area contributed by atoms with E-state index in [1.165, 1.54) is 25.3 Å². The average molecular weight is 411 g/mol. The monoisotopic (exact) mass is 409 g/mol. The molecule has 0 atom stereocenters. The second-order valence-corrected chi connectivity index (χ2v) is 6.06. The molecule has 2 rings (SSSR count). The van der Waals surface area contributed by atoms with E-state index in [1.54, 1.807) is 30.3 Å². The maximum atomic E-state index is 12.1. The third-order valence-electron chi connectivity index (χ3n) is 3.08. The van der Waals surface area contributed by atoms with Gasteiger partial charge in [-0.15, -0.1) is 0 Å². The number of hydrogen-bond donors (Lipinski definition) is 2. The molecule has 0 spiro atoms. The Hall–Kier alpha value is -2.31. The van der Waals surface area contributed by atoms with Crippen molar-refractivity contribution in [3.05, 3.63) is 63.1 Å². The minimum atomic E-state index is -1.13. The summed E-state index contributed by atoms with van der Waals surface area (Å²) in [7, 11) is 1.52. The second-order valence-electron chi connectivity index (χ2n) is 4.70. The molecule has 0 aliphatic rings. The average Bonchev–Trinajstić information content (AvgIpc) is 2.54. The molecular weight excluding hydrogens is 398 g/mol. The summed E-state index contributed by atoms with van der Waals surface area (Å²) >= 11 is 9.13. The number of methoxy groups -OCH3 is 1. The van der Waals surface area contributed by atoms with Gasteiger partial charge in [-0.05, 0) is 42.5 Å². The number of amides is 1. The highest BCUT2D eigenvalue weighted by Gasteiger charge is 2.12. The van der Waals surface area contributed by atoms with E-state index in [9.17, 15) is 14.7 Å². The number of carbonyl (C=O) groups is 2. The Morgan fingerprint density at radius 3 is 2.67 bits per heavy atom. The van der Waals surface area contributed by atoms with Crippen LogP contribution in [0.15, 0.2) is 46.9 Å². The van der Waals surface area contributed by atoms with E-state index in [-0.39, 0.29) is 11.3 Å². The molecule has 0 saturated heterocycles. The van der Waals surface area contributed by atoms with Gasteiger partial charge in [0.25, 0.3) is 0 Å². The number of carboxylic acids is 1. The minimum absolute atomic E-state index is 0.00791. The number of halogens is 2. The molecule has 24 heavy (non-hydrogen) atoms. The lowest BCUT2D eigenvalue weighted by Gasteiger charge is -2.07. The van der Waals surface area contributed by atoms with Crippen LogP contribution in [0.2, 0.25) is 5.02 Å². The Morgan fingerprint density at radius 1 is 1.25 bits per heavy atom. The number of nitrogens with one attached hydrogen (secondary N) is 1. The van der Waals surface area contributed by atoms with Gasteiger partial charge in [0, 0.05) is 21.1 Å². The van der Waals surface area contributed by atoms with Crippen LogP contribution in [0.3, 0.4) is 0 Å². The van der Waals surface area contributed by atoms with E-state index >= 15 is 0 Å². The van der Waals surface area contributed by atoms with Gasteiger partial charge in [0.15, 0.2) is 0 Å².